The van der Waals surface area contributed by atoms with Crippen molar-refractivity contribution in [1.82, 2.24) is 0 Å². The van der Waals surface area contributed by atoms with E-state index in [1.54, 1.807) is 30.4 Å². The summed E-state index contributed by atoms with van der Waals surface area (Å²) >= 11 is 5.66. The Morgan fingerprint density at radius 3 is 2.86 bits per heavy atom. The van der Waals surface area contributed by atoms with Crippen LogP contribution in [-0.4, -0.2) is 31.9 Å². The summed E-state index contributed by atoms with van der Waals surface area (Å²) in [5.74, 6) is 0.802. The summed E-state index contributed by atoms with van der Waals surface area (Å²) < 4.78 is 6.36. The highest BCUT2D eigenvalue weighted by Gasteiger charge is 2.29. The molecule has 0 spiro atoms. The number of allylic oxidation sites excluding steroid dienone is 5. The Morgan fingerprint density at radius 2 is 2.23 bits per heavy atom. The molecule has 0 aliphatic heterocycles. The topological polar surface area (TPSA) is 89.5 Å². The number of hydrogen-bond acceptors (Lipinski definition) is 4. The fourth-order valence-electron chi connectivity index (χ4n) is 2.00. The maximum absolute atomic E-state index is 10.5. The van der Waals surface area contributed by atoms with Gasteiger partial charge in [-0.2, -0.15) is 5.48 Å². The number of aliphatic hydroxyl groups excluding tert-OH is 1. The molecule has 0 bridgehead atoms. The van der Waals surface area contributed by atoms with Crippen LogP contribution in [-0.2, 0) is 0 Å². The van der Waals surface area contributed by atoms with Gasteiger partial charge in [0.2, 0.25) is 17.1 Å². The van der Waals surface area contributed by atoms with Gasteiger partial charge >= 0.3 is 5.69 Å². The molecule has 7 heteroatoms. The normalized spacial score (nSPS) is 16.2. The molecule has 0 saturated heterocycles. The number of ether oxygens (including phenoxy) is 1. The van der Waals surface area contributed by atoms with Crippen molar-refractivity contribution in [3.05, 3.63) is 54.5 Å². The number of hydrogen-bond donors (Lipinski definition) is 4. The van der Waals surface area contributed by atoms with Gasteiger partial charge in [0.15, 0.2) is 0 Å². The minimum absolute atomic E-state index is 0.0952. The summed E-state index contributed by atoms with van der Waals surface area (Å²) in [4.78, 5) is 0. The van der Waals surface area contributed by atoms with Gasteiger partial charge in [-0.25, -0.2) is 5.21 Å². The number of alkyl halides is 1. The van der Waals surface area contributed by atoms with Gasteiger partial charge in [-0.05, 0) is 12.1 Å². The molecule has 0 radical (unpaired) electrons. The number of nitrogens with zero attached hydrogens (tertiary/aromatic N) is 1. The van der Waals surface area contributed by atoms with E-state index < -0.39 is 0 Å². The van der Waals surface area contributed by atoms with E-state index in [1.165, 1.54) is 6.08 Å². The standard InChI is InChI=1S/C15H15ClN2O4/c1-10(9-16)22-14-7-3-6-13(17-20)15(14)18(21)11-4-2-5-12(19)8-11/h2-7,17,20-21H,1,8-9H2/p+2. The Kier molecular flexibility index (Phi) is 5.21. The summed E-state index contributed by atoms with van der Waals surface area (Å²) in [6.45, 7) is 3.65. The minimum atomic E-state index is 0.0952. The van der Waals surface area contributed by atoms with Crippen molar-refractivity contribution in [1.29, 1.82) is 0 Å². The number of benzene rings is 1. The van der Waals surface area contributed by atoms with E-state index in [2.05, 4.69) is 6.58 Å². The average molecular weight is 325 g/mol. The van der Waals surface area contributed by atoms with E-state index >= 15 is 0 Å². The largest absolute Gasteiger partial charge is 0.512 e. The minimum Gasteiger partial charge on any atom is -0.512 e. The first-order valence-electron chi connectivity index (χ1n) is 6.50. The monoisotopic (exact) mass is 324 g/mol. The van der Waals surface area contributed by atoms with Crippen molar-refractivity contribution in [3.8, 4) is 5.75 Å². The van der Waals surface area contributed by atoms with Crippen molar-refractivity contribution in [2.24, 2.45) is 0 Å². The average Bonchev–Trinajstić information content (AvgIpc) is 2.53. The fourth-order valence-corrected chi connectivity index (χ4v) is 2.05. The molecule has 5 N–H and O–H groups in total. The molecule has 1 aliphatic carbocycles. The summed E-state index contributed by atoms with van der Waals surface area (Å²) in [6.07, 6.45) is 4.95. The van der Waals surface area contributed by atoms with E-state index in [1.807, 2.05) is 0 Å². The predicted octanol–water partition coefficient (Wildman–Crippen LogP) is 2.28. The lowest BCUT2D eigenvalue weighted by molar-refractivity contribution is -0.830. The lowest BCUT2D eigenvalue weighted by Gasteiger charge is -2.09. The van der Waals surface area contributed by atoms with Crippen molar-refractivity contribution in [3.63, 3.8) is 0 Å². The Labute approximate surface area is 132 Å². The highest BCUT2D eigenvalue weighted by molar-refractivity contribution is 6.19. The van der Waals surface area contributed by atoms with Crippen LogP contribution < -0.4 is 10.2 Å². The van der Waals surface area contributed by atoms with Gasteiger partial charge in [-0.15, -0.1) is 11.6 Å². The smallest absolute Gasteiger partial charge is 0.362 e. The summed E-state index contributed by atoms with van der Waals surface area (Å²) in [7, 11) is 0. The van der Waals surface area contributed by atoms with Gasteiger partial charge in [-0.3, -0.25) is 5.21 Å². The van der Waals surface area contributed by atoms with Crippen LogP contribution in [0.15, 0.2) is 54.5 Å². The van der Waals surface area contributed by atoms with Gasteiger partial charge in [0, 0.05) is 16.9 Å². The molecular formula is C15H17ClN2O4+2. The summed E-state index contributed by atoms with van der Waals surface area (Å²) in [6, 6.07) is 4.89. The lowest BCUT2D eigenvalue weighted by atomic mass is 10.1. The molecule has 0 atom stereocenters. The van der Waals surface area contributed by atoms with Crippen LogP contribution in [0.5, 0.6) is 5.75 Å². The number of aliphatic hydroxyl groups is 1. The molecule has 0 heterocycles. The van der Waals surface area contributed by atoms with Crippen molar-refractivity contribution < 1.29 is 30.5 Å². The number of nitrogens with two attached hydrogens (primary N) is 1. The lowest BCUT2D eigenvalue weighted by Crippen LogP contribution is -2.74. The molecule has 1 aromatic rings. The first-order chi connectivity index (χ1) is 10.6. The molecule has 116 valence electrons. The molecule has 6 nitrogen and oxygen atoms in total. The van der Waals surface area contributed by atoms with Gasteiger partial charge in [-0.1, -0.05) is 18.7 Å². The molecule has 0 aromatic heterocycles. The van der Waals surface area contributed by atoms with Crippen LogP contribution in [0.1, 0.15) is 6.42 Å². The van der Waals surface area contributed by atoms with E-state index in [0.717, 1.165) is 10.2 Å². The van der Waals surface area contributed by atoms with E-state index in [-0.39, 0.29) is 29.5 Å². The molecule has 22 heavy (non-hydrogen) atoms. The SMILES string of the molecule is C=C(CCl)Oc1cccc([NH2+]O)c1/[N+](O)=C1/C=CC=C(O)C1. The van der Waals surface area contributed by atoms with Gasteiger partial charge < -0.3 is 9.84 Å². The third-order valence-corrected chi connectivity index (χ3v) is 3.29. The summed E-state index contributed by atoms with van der Waals surface area (Å²) in [5, 5.41) is 29.4. The number of para-hydroxylation sites is 1. The molecule has 1 aliphatic rings. The molecule has 0 amide bonds. The van der Waals surface area contributed by atoms with E-state index in [4.69, 9.17) is 16.3 Å². The highest BCUT2D eigenvalue weighted by atomic mass is 35.5. The van der Waals surface area contributed by atoms with Crippen LogP contribution >= 0.6 is 11.6 Å². The Bertz CT molecular complexity index is 680. The third-order valence-electron chi connectivity index (χ3n) is 3.00. The van der Waals surface area contributed by atoms with Crippen LogP contribution in [0.2, 0.25) is 0 Å². The molecule has 0 unspecified atom stereocenters. The van der Waals surface area contributed by atoms with Crippen LogP contribution in [0.25, 0.3) is 0 Å². The fraction of sp³-hybridized carbons (Fsp3) is 0.133. The van der Waals surface area contributed by atoms with E-state index in [0.29, 0.717) is 17.2 Å². The Morgan fingerprint density at radius 1 is 1.45 bits per heavy atom. The van der Waals surface area contributed by atoms with Crippen molar-refractivity contribution >= 4 is 28.7 Å². The zero-order chi connectivity index (χ0) is 16.1. The van der Waals surface area contributed by atoms with Crippen molar-refractivity contribution in [2.75, 3.05) is 5.88 Å². The van der Waals surface area contributed by atoms with Gasteiger partial charge in [0.05, 0.1) is 12.3 Å². The third kappa shape index (κ3) is 3.48. The van der Waals surface area contributed by atoms with Crippen LogP contribution in [0.3, 0.4) is 0 Å². The number of rotatable bonds is 5. The second-order valence-electron chi connectivity index (χ2n) is 4.59. The molecular weight excluding hydrogens is 308 g/mol. The van der Waals surface area contributed by atoms with Crippen LogP contribution in [0, 0.1) is 0 Å². The second kappa shape index (κ2) is 7.13. The Balaban J connectivity index is 2.52. The maximum atomic E-state index is 10.5. The first-order valence-corrected chi connectivity index (χ1v) is 7.03. The Hall–Kier alpha value is -2.28. The quantitative estimate of drug-likeness (QED) is 0.167. The summed E-state index contributed by atoms with van der Waals surface area (Å²) in [5.41, 5.74) is 1.86. The predicted molar refractivity (Wildman–Crippen MR) is 81.5 cm³/mol. The van der Waals surface area contributed by atoms with Gasteiger partial charge in [0.1, 0.15) is 11.5 Å². The molecule has 0 saturated carbocycles. The van der Waals surface area contributed by atoms with Gasteiger partial charge in [0.25, 0.3) is 0 Å². The molecule has 0 fully saturated rings. The zero-order valence-electron chi connectivity index (χ0n) is 11.7. The van der Waals surface area contributed by atoms with Crippen LogP contribution in [0.4, 0.5) is 11.4 Å². The van der Waals surface area contributed by atoms with E-state index in [9.17, 15) is 15.5 Å². The second-order valence-corrected chi connectivity index (χ2v) is 4.86. The number of halogens is 1. The number of quaternary nitrogens is 1. The first kappa shape index (κ1) is 16.1. The maximum Gasteiger partial charge on any atom is 0.362 e. The molecule has 1 aromatic carbocycles. The molecule has 2 rings (SSSR count). The van der Waals surface area contributed by atoms with Crippen molar-refractivity contribution in [2.45, 2.75) is 6.42 Å². The zero-order valence-corrected chi connectivity index (χ0v) is 12.5. The highest BCUT2D eigenvalue weighted by Crippen LogP contribution is 2.33.